The average Bonchev–Trinajstić information content (AvgIpc) is 2.85. The molecule has 0 aromatic heterocycles. The standard InChI is InChI=1S/C28H44N2O5/c1-22-25(10-5-12-27(22)34-18-8-15-29(3)14-7-17-31)26-11-6-13-28(23(26)2)35-19-9-16-30(4)20-24(33)21-32/h5-6,10-13,24,31-33H,7-9,14-21H2,1-4H3/t24-/m0/s1. The van der Waals surface area contributed by atoms with E-state index in [0.717, 1.165) is 72.6 Å². The van der Waals surface area contributed by atoms with Gasteiger partial charge in [-0.1, -0.05) is 24.3 Å². The van der Waals surface area contributed by atoms with Crippen molar-refractivity contribution in [2.24, 2.45) is 0 Å². The van der Waals surface area contributed by atoms with Crippen molar-refractivity contribution in [1.82, 2.24) is 9.80 Å². The molecule has 7 nitrogen and oxygen atoms in total. The fourth-order valence-electron chi connectivity index (χ4n) is 4.12. The first-order chi connectivity index (χ1) is 16.9. The lowest BCUT2D eigenvalue weighted by Crippen LogP contribution is -2.32. The Balaban J connectivity index is 1.94. The molecule has 1 atom stereocenters. The number of aliphatic hydroxyl groups excluding tert-OH is 3. The van der Waals surface area contributed by atoms with Gasteiger partial charge in [0.05, 0.1) is 25.9 Å². The van der Waals surface area contributed by atoms with Crippen LogP contribution < -0.4 is 9.47 Å². The zero-order valence-electron chi connectivity index (χ0n) is 21.9. The van der Waals surface area contributed by atoms with E-state index in [9.17, 15) is 5.11 Å². The molecule has 7 heteroatoms. The van der Waals surface area contributed by atoms with Crippen LogP contribution in [0.1, 0.15) is 30.4 Å². The molecular formula is C28H44N2O5. The zero-order chi connectivity index (χ0) is 25.6. The maximum absolute atomic E-state index is 9.55. The molecule has 0 fully saturated rings. The number of ether oxygens (including phenoxy) is 2. The van der Waals surface area contributed by atoms with E-state index in [0.29, 0.717) is 19.8 Å². The van der Waals surface area contributed by atoms with Gasteiger partial charge >= 0.3 is 0 Å². The van der Waals surface area contributed by atoms with Gasteiger partial charge in [-0.3, -0.25) is 0 Å². The van der Waals surface area contributed by atoms with Gasteiger partial charge < -0.3 is 34.6 Å². The minimum absolute atomic E-state index is 0.221. The summed E-state index contributed by atoms with van der Waals surface area (Å²) < 4.78 is 12.2. The van der Waals surface area contributed by atoms with Gasteiger partial charge in [0, 0.05) is 32.8 Å². The SMILES string of the molecule is Cc1c(OCCCN(C)CCCO)cccc1-c1cccc(OCCCN(C)C[C@H](O)CO)c1C. The Morgan fingerprint density at radius 2 is 1.23 bits per heavy atom. The fourth-order valence-corrected chi connectivity index (χ4v) is 4.12. The van der Waals surface area contributed by atoms with Crippen molar-refractivity contribution >= 4 is 0 Å². The van der Waals surface area contributed by atoms with Gasteiger partial charge in [0.1, 0.15) is 11.5 Å². The Morgan fingerprint density at radius 3 is 1.71 bits per heavy atom. The van der Waals surface area contributed by atoms with Gasteiger partial charge in [-0.25, -0.2) is 0 Å². The predicted octanol–water partition coefficient (Wildman–Crippen LogP) is 3.11. The van der Waals surface area contributed by atoms with E-state index in [1.54, 1.807) is 0 Å². The van der Waals surface area contributed by atoms with Crippen LogP contribution in [0.5, 0.6) is 11.5 Å². The highest BCUT2D eigenvalue weighted by Crippen LogP contribution is 2.35. The van der Waals surface area contributed by atoms with E-state index < -0.39 is 6.10 Å². The molecule has 0 aliphatic rings. The van der Waals surface area contributed by atoms with Gasteiger partial charge in [-0.2, -0.15) is 0 Å². The van der Waals surface area contributed by atoms with Crippen LogP contribution in [0, 0.1) is 13.8 Å². The summed E-state index contributed by atoms with van der Waals surface area (Å²) in [5.74, 6) is 1.77. The van der Waals surface area contributed by atoms with E-state index in [1.165, 1.54) is 0 Å². The number of aliphatic hydroxyl groups is 3. The maximum atomic E-state index is 9.55. The second kappa shape index (κ2) is 15.8. The molecular weight excluding hydrogens is 444 g/mol. The largest absolute Gasteiger partial charge is 0.493 e. The monoisotopic (exact) mass is 488 g/mol. The van der Waals surface area contributed by atoms with Crippen LogP contribution in [0.3, 0.4) is 0 Å². The molecule has 0 aliphatic heterocycles. The number of rotatable bonds is 17. The lowest BCUT2D eigenvalue weighted by atomic mass is 9.95. The number of nitrogens with zero attached hydrogens (tertiary/aromatic N) is 2. The Labute approximate surface area is 210 Å². The molecule has 0 bridgehead atoms. The molecule has 196 valence electrons. The zero-order valence-corrected chi connectivity index (χ0v) is 21.9. The van der Waals surface area contributed by atoms with Crippen molar-refractivity contribution in [2.45, 2.75) is 39.2 Å². The van der Waals surface area contributed by atoms with Gasteiger partial charge in [0.15, 0.2) is 0 Å². The molecule has 2 aromatic rings. The van der Waals surface area contributed by atoms with Gasteiger partial charge in [0.25, 0.3) is 0 Å². The summed E-state index contributed by atoms with van der Waals surface area (Å²) in [6.07, 6.45) is 1.85. The van der Waals surface area contributed by atoms with Crippen molar-refractivity contribution < 1.29 is 24.8 Å². The number of likely N-dealkylation sites (N-methyl/N-ethyl adjacent to an activating group) is 1. The third kappa shape index (κ3) is 9.78. The van der Waals surface area contributed by atoms with E-state index in [-0.39, 0.29) is 13.2 Å². The molecule has 0 aliphatic carbocycles. The summed E-state index contributed by atoms with van der Waals surface area (Å²) in [5, 5.41) is 27.5. The lowest BCUT2D eigenvalue weighted by Gasteiger charge is -2.20. The molecule has 0 saturated heterocycles. The van der Waals surface area contributed by atoms with Crippen LogP contribution >= 0.6 is 0 Å². The first-order valence-corrected chi connectivity index (χ1v) is 12.6. The minimum Gasteiger partial charge on any atom is -0.493 e. The summed E-state index contributed by atoms with van der Waals surface area (Å²) in [6, 6.07) is 12.3. The quantitative estimate of drug-likeness (QED) is 0.295. The number of hydrogen-bond acceptors (Lipinski definition) is 7. The van der Waals surface area contributed by atoms with Gasteiger partial charge in [0.2, 0.25) is 0 Å². The van der Waals surface area contributed by atoms with E-state index in [2.05, 4.69) is 37.9 Å². The van der Waals surface area contributed by atoms with E-state index in [1.807, 2.05) is 36.2 Å². The smallest absolute Gasteiger partial charge is 0.122 e. The van der Waals surface area contributed by atoms with Crippen molar-refractivity contribution in [3.05, 3.63) is 47.5 Å². The lowest BCUT2D eigenvalue weighted by molar-refractivity contribution is 0.0653. The summed E-state index contributed by atoms with van der Waals surface area (Å²) in [5.41, 5.74) is 4.49. The summed E-state index contributed by atoms with van der Waals surface area (Å²) in [4.78, 5) is 4.21. The predicted molar refractivity (Wildman–Crippen MR) is 141 cm³/mol. The molecule has 0 saturated carbocycles. The van der Waals surface area contributed by atoms with Crippen molar-refractivity contribution in [1.29, 1.82) is 0 Å². The summed E-state index contributed by atoms with van der Waals surface area (Å²) in [6.45, 7) is 8.49. The second-order valence-electron chi connectivity index (χ2n) is 9.24. The third-order valence-corrected chi connectivity index (χ3v) is 6.17. The maximum Gasteiger partial charge on any atom is 0.122 e. The Morgan fingerprint density at radius 1 is 0.743 bits per heavy atom. The highest BCUT2D eigenvalue weighted by atomic mass is 16.5. The van der Waals surface area contributed by atoms with E-state index in [4.69, 9.17) is 19.7 Å². The molecule has 2 aromatic carbocycles. The Bertz CT molecular complexity index is 876. The number of hydrogen-bond donors (Lipinski definition) is 3. The van der Waals surface area contributed by atoms with Crippen LogP contribution in [0.25, 0.3) is 11.1 Å². The molecule has 0 radical (unpaired) electrons. The molecule has 0 unspecified atom stereocenters. The molecule has 0 spiro atoms. The highest BCUT2D eigenvalue weighted by Gasteiger charge is 2.13. The normalized spacial score (nSPS) is 12.4. The van der Waals surface area contributed by atoms with Gasteiger partial charge in [-0.15, -0.1) is 0 Å². The molecule has 0 heterocycles. The molecule has 0 amide bonds. The van der Waals surface area contributed by atoms with Crippen LogP contribution in [-0.4, -0.2) is 97.9 Å². The number of benzene rings is 2. The van der Waals surface area contributed by atoms with Crippen LogP contribution in [-0.2, 0) is 0 Å². The van der Waals surface area contributed by atoms with Crippen LogP contribution in [0.15, 0.2) is 36.4 Å². The van der Waals surface area contributed by atoms with Crippen molar-refractivity contribution in [3.8, 4) is 22.6 Å². The Hall–Kier alpha value is -2.16. The molecule has 35 heavy (non-hydrogen) atoms. The second-order valence-corrected chi connectivity index (χ2v) is 9.24. The first kappa shape index (κ1) is 29.1. The average molecular weight is 489 g/mol. The summed E-state index contributed by atoms with van der Waals surface area (Å²) in [7, 11) is 4.00. The van der Waals surface area contributed by atoms with E-state index >= 15 is 0 Å². The van der Waals surface area contributed by atoms with Crippen LogP contribution in [0.2, 0.25) is 0 Å². The van der Waals surface area contributed by atoms with Gasteiger partial charge in [-0.05, 0) is 81.6 Å². The minimum atomic E-state index is -0.707. The van der Waals surface area contributed by atoms with Crippen LogP contribution in [0.4, 0.5) is 0 Å². The molecule has 3 N–H and O–H groups in total. The first-order valence-electron chi connectivity index (χ1n) is 12.6. The highest BCUT2D eigenvalue weighted by molar-refractivity contribution is 5.74. The molecule has 2 rings (SSSR count). The third-order valence-electron chi connectivity index (χ3n) is 6.17. The topological polar surface area (TPSA) is 85.6 Å². The van der Waals surface area contributed by atoms with Crippen molar-refractivity contribution in [2.75, 3.05) is 66.7 Å². The Kier molecular flexibility index (Phi) is 13.1. The fraction of sp³-hybridized carbons (Fsp3) is 0.571. The van der Waals surface area contributed by atoms with Crippen molar-refractivity contribution in [3.63, 3.8) is 0 Å². The summed E-state index contributed by atoms with van der Waals surface area (Å²) >= 11 is 0.